The van der Waals surface area contributed by atoms with Crippen LogP contribution in [-0.4, -0.2) is 156 Å². The van der Waals surface area contributed by atoms with Crippen LogP contribution in [0.4, 0.5) is 0 Å². The summed E-state index contributed by atoms with van der Waals surface area (Å²) in [6.07, 6.45) is -15.0. The highest BCUT2D eigenvalue weighted by Gasteiger charge is 2.54. The third-order valence-electron chi connectivity index (χ3n) is 10.8. The van der Waals surface area contributed by atoms with E-state index in [1.807, 2.05) is 0 Å². The van der Waals surface area contributed by atoms with Crippen molar-refractivity contribution in [2.24, 2.45) is 0 Å². The van der Waals surface area contributed by atoms with Crippen LogP contribution in [0.1, 0.15) is 48.1 Å². The van der Waals surface area contributed by atoms with Crippen LogP contribution in [0.5, 0.6) is 69.0 Å². The standard InChI is InChI=1S/C42H32O27/c1-9-11-4-17(45)27(51)30(54)22(11)25(35(65-9)37(58)59)14(7-21(48)49)41(63)67-34-20-8-64-39(61)12-5-18(46)28(52)31(55)23(12)24-13(6-19(47)29(53)32(24)56)40(62)68-36(34)33(57)42(66-20)69-38(60)10-2-15(43)26(50)16(44)3-10/h2-7,20,25,33-36,42-47,50-57H,1,8H2,(H,48,49)(H,58,59). The van der Waals surface area contributed by atoms with Gasteiger partial charge in [-0.25, -0.2) is 28.8 Å². The van der Waals surface area contributed by atoms with Gasteiger partial charge in [0, 0.05) is 28.3 Å². The van der Waals surface area contributed by atoms with Crippen LogP contribution >= 0.6 is 0 Å². The van der Waals surface area contributed by atoms with E-state index in [1.165, 1.54) is 0 Å². The van der Waals surface area contributed by atoms with Crippen LogP contribution in [0.2, 0.25) is 0 Å². The topological polar surface area (TPSA) is 461 Å². The van der Waals surface area contributed by atoms with Crippen LogP contribution < -0.4 is 0 Å². The summed E-state index contributed by atoms with van der Waals surface area (Å²) in [7, 11) is 0. The number of carboxylic acid groups (broad SMARTS) is 2. The second-order valence-corrected chi connectivity index (χ2v) is 14.9. The summed E-state index contributed by atoms with van der Waals surface area (Å²) in [5.74, 6) is -29.3. The summed E-state index contributed by atoms with van der Waals surface area (Å²) in [6, 6.07) is 2.59. The second-order valence-electron chi connectivity index (χ2n) is 14.9. The van der Waals surface area contributed by atoms with Crippen LogP contribution in [-0.2, 0) is 42.8 Å². The number of carboxylic acids is 2. The predicted octanol–water partition coefficient (Wildman–Crippen LogP) is 0.620. The number of cyclic esters (lactones) is 1. The summed E-state index contributed by atoms with van der Waals surface area (Å²) in [5, 5.41) is 157. The van der Waals surface area contributed by atoms with Gasteiger partial charge in [-0.1, -0.05) is 6.58 Å². The Morgan fingerprint density at radius 3 is 1.68 bits per heavy atom. The monoisotopic (exact) mass is 968 g/mol. The van der Waals surface area contributed by atoms with Gasteiger partial charge in [-0.05, 0) is 30.3 Å². The zero-order chi connectivity index (χ0) is 50.8. The molecule has 0 spiro atoms. The van der Waals surface area contributed by atoms with Gasteiger partial charge in [0.15, 0.2) is 70.1 Å². The quantitative estimate of drug-likeness (QED) is 0.0522. The Morgan fingerprint density at radius 2 is 1.14 bits per heavy atom. The molecule has 27 nitrogen and oxygen atoms in total. The van der Waals surface area contributed by atoms with Gasteiger partial charge in [0.1, 0.15) is 18.5 Å². The van der Waals surface area contributed by atoms with E-state index >= 15 is 0 Å². The van der Waals surface area contributed by atoms with Crippen LogP contribution in [0.25, 0.3) is 16.9 Å². The number of phenolic OH excluding ortho intramolecular Hbond substituents is 12. The minimum Gasteiger partial charge on any atom is -0.504 e. The van der Waals surface area contributed by atoms with Gasteiger partial charge in [0.2, 0.25) is 29.6 Å². The average molecular weight is 969 g/mol. The summed E-state index contributed by atoms with van der Waals surface area (Å²) in [5.41, 5.74) is -7.80. The smallest absolute Gasteiger partial charge is 0.345 e. The Morgan fingerprint density at radius 1 is 0.638 bits per heavy atom. The maximum absolute atomic E-state index is 14.5. The number of aliphatic hydroxyl groups excluding tert-OH is 1. The van der Waals surface area contributed by atoms with E-state index in [9.17, 15) is 105 Å². The van der Waals surface area contributed by atoms with Crippen molar-refractivity contribution < 1.29 is 134 Å². The van der Waals surface area contributed by atoms with E-state index in [0.717, 1.165) is 0 Å². The Labute approximate surface area is 380 Å². The number of rotatable bonds is 7. The third kappa shape index (κ3) is 8.14. The first-order valence-corrected chi connectivity index (χ1v) is 19.1. The van der Waals surface area contributed by atoms with Crippen molar-refractivity contribution in [3.8, 4) is 80.1 Å². The number of ether oxygens (including phenoxy) is 6. The van der Waals surface area contributed by atoms with E-state index in [4.69, 9.17) is 28.4 Å². The van der Waals surface area contributed by atoms with Crippen molar-refractivity contribution in [1.82, 2.24) is 0 Å². The lowest BCUT2D eigenvalue weighted by atomic mass is 9.79. The van der Waals surface area contributed by atoms with Crippen LogP contribution in [0, 0.1) is 0 Å². The van der Waals surface area contributed by atoms with Gasteiger partial charge in [-0.2, -0.15) is 0 Å². The molecule has 2 bridgehead atoms. The summed E-state index contributed by atoms with van der Waals surface area (Å²) in [4.78, 5) is 81.2. The number of aliphatic hydroxyl groups is 1. The summed E-state index contributed by atoms with van der Waals surface area (Å²) >= 11 is 0. The number of aromatic hydroxyl groups is 12. The molecule has 1 fully saturated rings. The molecule has 0 aromatic heterocycles. The predicted molar refractivity (Wildman–Crippen MR) is 214 cm³/mol. The first kappa shape index (κ1) is 47.5. The Hall–Kier alpha value is -9.50. The number of hydrogen-bond donors (Lipinski definition) is 15. The molecule has 3 heterocycles. The fraction of sp³-hybridized carbons (Fsp3) is 0.190. The highest BCUT2D eigenvalue weighted by molar-refractivity contribution is 6.08. The molecule has 4 aromatic carbocycles. The number of hydrogen-bond acceptors (Lipinski definition) is 25. The minimum absolute atomic E-state index is 0.0364. The molecule has 3 aliphatic heterocycles. The van der Waals surface area contributed by atoms with Gasteiger partial charge >= 0.3 is 35.8 Å². The van der Waals surface area contributed by atoms with Gasteiger partial charge in [0.25, 0.3) is 0 Å². The number of benzene rings is 4. The molecule has 15 N–H and O–H groups in total. The van der Waals surface area contributed by atoms with Crippen molar-refractivity contribution in [2.45, 2.75) is 42.7 Å². The number of phenols is 12. The van der Waals surface area contributed by atoms with Crippen LogP contribution in [0.3, 0.4) is 0 Å². The van der Waals surface area contributed by atoms with Crippen LogP contribution in [0.15, 0.2) is 48.6 Å². The van der Waals surface area contributed by atoms with Crippen molar-refractivity contribution in [3.05, 3.63) is 76.4 Å². The molecule has 0 aliphatic carbocycles. The molecule has 0 radical (unpaired) electrons. The van der Waals surface area contributed by atoms with Crippen molar-refractivity contribution in [3.63, 3.8) is 0 Å². The SMILES string of the molecule is C=C1OC(C(=O)O)C(C(=CC(=O)O)C(=O)OC2C3COC(=O)c4cc(O)c(O)c(O)c4-c4c(cc(O)c(O)c4O)C(=O)OC2C(O)C(OC(=O)c2cc(O)c(O)c(O)c2)O3)c2c1cc(O)c(O)c2O. The molecule has 7 rings (SSSR count). The van der Waals surface area contributed by atoms with Crippen molar-refractivity contribution in [2.75, 3.05) is 6.61 Å². The van der Waals surface area contributed by atoms with Gasteiger partial charge < -0.3 is 105 Å². The maximum atomic E-state index is 14.5. The Balaban J connectivity index is 1.41. The highest BCUT2D eigenvalue weighted by atomic mass is 16.7. The third-order valence-corrected chi connectivity index (χ3v) is 10.8. The number of carbonyl (C=O) groups is 6. The summed E-state index contributed by atoms with van der Waals surface area (Å²) < 4.78 is 32.7. The molecule has 4 aromatic rings. The van der Waals surface area contributed by atoms with E-state index in [1.54, 1.807) is 0 Å². The van der Waals surface area contributed by atoms with Gasteiger partial charge in [-0.15, -0.1) is 0 Å². The lowest BCUT2D eigenvalue weighted by Crippen LogP contribution is -2.62. The molecule has 362 valence electrons. The molecule has 69 heavy (non-hydrogen) atoms. The second kappa shape index (κ2) is 17.4. The Kier molecular flexibility index (Phi) is 12.0. The zero-order valence-electron chi connectivity index (χ0n) is 34.0. The molecular formula is C42H32O27. The highest BCUT2D eigenvalue weighted by Crippen LogP contribution is 2.54. The number of fused-ring (bicyclic) bond motifs is 6. The van der Waals surface area contributed by atoms with Crippen molar-refractivity contribution in [1.29, 1.82) is 0 Å². The number of esters is 4. The molecule has 27 heteroatoms. The van der Waals surface area contributed by atoms with Gasteiger partial charge in [0.05, 0.1) is 28.2 Å². The molecule has 7 atom stereocenters. The molecule has 0 amide bonds. The first-order chi connectivity index (χ1) is 32.3. The first-order valence-electron chi connectivity index (χ1n) is 19.1. The zero-order valence-corrected chi connectivity index (χ0v) is 34.0. The largest absolute Gasteiger partial charge is 0.504 e. The molecule has 3 aliphatic rings. The summed E-state index contributed by atoms with van der Waals surface area (Å²) in [6.45, 7) is 2.14. The molecular weight excluding hydrogens is 936 g/mol. The normalized spacial score (nSPS) is 22.1. The average Bonchev–Trinajstić information content (AvgIpc) is 3.28. The van der Waals surface area contributed by atoms with Crippen molar-refractivity contribution >= 4 is 41.6 Å². The Bertz CT molecular complexity index is 2950. The lowest BCUT2D eigenvalue weighted by Gasteiger charge is -2.43. The lowest BCUT2D eigenvalue weighted by molar-refractivity contribution is -0.287. The van der Waals surface area contributed by atoms with E-state index in [-0.39, 0.29) is 6.08 Å². The molecule has 7 unspecified atom stereocenters. The fourth-order valence-electron chi connectivity index (χ4n) is 7.59. The van der Waals surface area contributed by atoms with Gasteiger partial charge in [-0.3, -0.25) is 0 Å². The van der Waals surface area contributed by atoms with E-state index in [0.29, 0.717) is 30.3 Å². The molecule has 0 saturated carbocycles. The minimum atomic E-state index is -2.68. The number of carbonyl (C=O) groups excluding carboxylic acids is 4. The maximum Gasteiger partial charge on any atom is 0.345 e. The number of aliphatic carboxylic acids is 2. The molecule has 1 saturated heterocycles. The van der Waals surface area contributed by atoms with E-state index < -0.39 is 204 Å². The fourth-order valence-corrected chi connectivity index (χ4v) is 7.59. The van der Waals surface area contributed by atoms with E-state index in [2.05, 4.69) is 6.58 Å².